The second-order valence-electron chi connectivity index (χ2n) is 7.60. The van der Waals surface area contributed by atoms with Crippen molar-refractivity contribution >= 4 is 5.97 Å². The maximum absolute atomic E-state index is 11.1. The molecule has 1 N–H and O–H groups in total. The zero-order valence-corrected chi connectivity index (χ0v) is 13.8. The molecule has 1 saturated heterocycles. The maximum Gasteiger partial charge on any atom is 0.303 e. The molecule has 21 heavy (non-hydrogen) atoms. The molecule has 0 aromatic heterocycles. The number of rotatable bonds is 7. The monoisotopic (exact) mass is 298 g/mol. The van der Waals surface area contributed by atoms with Gasteiger partial charge in [-0.3, -0.25) is 4.79 Å². The molecule has 1 saturated carbocycles. The molecule has 0 unspecified atom stereocenters. The van der Waals surface area contributed by atoms with Gasteiger partial charge in [0.25, 0.3) is 0 Å². The molecule has 0 spiro atoms. The zero-order valence-electron chi connectivity index (χ0n) is 13.8. The van der Waals surface area contributed by atoms with Crippen molar-refractivity contribution in [1.29, 1.82) is 0 Å². The highest BCUT2D eigenvalue weighted by atomic mass is 16.8. The molecule has 1 heterocycles. The van der Waals surface area contributed by atoms with Gasteiger partial charge in [-0.05, 0) is 44.4 Å². The van der Waals surface area contributed by atoms with Crippen LogP contribution in [0.4, 0.5) is 0 Å². The fourth-order valence-corrected chi connectivity index (χ4v) is 3.87. The zero-order chi connectivity index (χ0) is 15.6. The molecule has 1 aliphatic carbocycles. The Morgan fingerprint density at radius 1 is 1.19 bits per heavy atom. The van der Waals surface area contributed by atoms with Crippen LogP contribution in [0.3, 0.4) is 0 Å². The lowest BCUT2D eigenvalue weighted by Gasteiger charge is -2.23. The summed E-state index contributed by atoms with van der Waals surface area (Å²) in [5.74, 6) is 0.0131. The summed E-state index contributed by atoms with van der Waals surface area (Å²) in [5.41, 5.74) is 0. The van der Waals surface area contributed by atoms with Crippen LogP contribution in [0, 0.1) is 17.8 Å². The Morgan fingerprint density at radius 2 is 1.81 bits per heavy atom. The predicted molar refractivity (Wildman–Crippen MR) is 81.0 cm³/mol. The summed E-state index contributed by atoms with van der Waals surface area (Å²) < 4.78 is 12.0. The van der Waals surface area contributed by atoms with E-state index in [1.807, 2.05) is 13.8 Å². The van der Waals surface area contributed by atoms with Gasteiger partial charge in [-0.15, -0.1) is 0 Å². The molecule has 0 amide bonds. The molecule has 0 aromatic rings. The molecule has 4 heteroatoms. The quantitative estimate of drug-likeness (QED) is 0.726. The minimum atomic E-state index is -0.729. The molecule has 0 radical (unpaired) electrons. The Balaban J connectivity index is 1.90. The van der Waals surface area contributed by atoms with Gasteiger partial charge < -0.3 is 14.6 Å². The number of carbonyl (C=O) groups is 1. The smallest absolute Gasteiger partial charge is 0.303 e. The highest BCUT2D eigenvalue weighted by Crippen LogP contribution is 2.47. The average Bonchev–Trinajstić information content (AvgIpc) is 2.80. The molecule has 1 aliphatic heterocycles. The van der Waals surface area contributed by atoms with Crippen molar-refractivity contribution in [3.05, 3.63) is 0 Å². The highest BCUT2D eigenvalue weighted by Gasteiger charge is 2.53. The van der Waals surface area contributed by atoms with Crippen LogP contribution in [-0.4, -0.2) is 29.1 Å². The minimum absolute atomic E-state index is 0.0359. The van der Waals surface area contributed by atoms with Crippen LogP contribution in [0.25, 0.3) is 0 Å². The normalized spacial score (nSPS) is 34.3. The highest BCUT2D eigenvalue weighted by molar-refractivity contribution is 5.67. The molecule has 2 fully saturated rings. The van der Waals surface area contributed by atoms with Crippen LogP contribution in [0.2, 0.25) is 0 Å². The van der Waals surface area contributed by atoms with E-state index in [1.54, 1.807) is 0 Å². The van der Waals surface area contributed by atoms with E-state index in [1.165, 1.54) is 19.3 Å². The Labute approximate surface area is 128 Å². The number of carboxylic acids is 1. The summed E-state index contributed by atoms with van der Waals surface area (Å²) in [4.78, 5) is 11.1. The first-order valence-corrected chi connectivity index (χ1v) is 8.36. The molecule has 0 bridgehead atoms. The second-order valence-corrected chi connectivity index (χ2v) is 7.60. The summed E-state index contributed by atoms with van der Waals surface area (Å²) in [7, 11) is 0. The number of hydrogen-bond donors (Lipinski definition) is 1. The van der Waals surface area contributed by atoms with E-state index in [-0.39, 0.29) is 24.5 Å². The van der Waals surface area contributed by atoms with Crippen LogP contribution in [0.15, 0.2) is 0 Å². The van der Waals surface area contributed by atoms with Crippen LogP contribution in [-0.2, 0) is 14.3 Å². The molecule has 0 aromatic carbocycles. The van der Waals surface area contributed by atoms with Crippen LogP contribution < -0.4 is 0 Å². The van der Waals surface area contributed by atoms with Crippen molar-refractivity contribution in [3.63, 3.8) is 0 Å². The Morgan fingerprint density at radius 3 is 2.38 bits per heavy atom. The third-order valence-corrected chi connectivity index (χ3v) is 4.74. The minimum Gasteiger partial charge on any atom is -0.481 e. The summed E-state index contributed by atoms with van der Waals surface area (Å²) >= 11 is 0. The average molecular weight is 298 g/mol. The van der Waals surface area contributed by atoms with Crippen molar-refractivity contribution in [2.75, 3.05) is 0 Å². The standard InChI is InChI=1S/C17H30O4/c1-11(2)7-5-6-8-12-9-13(10-14(18)19)16-15(12)20-17(3,4)21-16/h11-13,15-16H,5-10H2,1-4H3,(H,18,19)/t12-,13-,15+,16-/m1/s1. The van der Waals surface area contributed by atoms with Gasteiger partial charge in [0.15, 0.2) is 5.79 Å². The number of aliphatic carboxylic acids is 1. The number of ether oxygens (including phenoxy) is 2. The van der Waals surface area contributed by atoms with Crippen LogP contribution in [0.1, 0.15) is 66.2 Å². The van der Waals surface area contributed by atoms with Gasteiger partial charge in [-0.25, -0.2) is 0 Å². The van der Waals surface area contributed by atoms with Crippen LogP contribution >= 0.6 is 0 Å². The van der Waals surface area contributed by atoms with Gasteiger partial charge >= 0.3 is 5.97 Å². The summed E-state index contributed by atoms with van der Waals surface area (Å²) in [6.45, 7) is 8.37. The fraction of sp³-hybridized carbons (Fsp3) is 0.941. The lowest BCUT2D eigenvalue weighted by molar-refractivity contribution is -0.164. The largest absolute Gasteiger partial charge is 0.481 e. The number of hydrogen-bond acceptors (Lipinski definition) is 3. The molecular weight excluding hydrogens is 268 g/mol. The first-order valence-electron chi connectivity index (χ1n) is 8.36. The topological polar surface area (TPSA) is 55.8 Å². The van der Waals surface area contributed by atoms with Crippen LogP contribution in [0.5, 0.6) is 0 Å². The van der Waals surface area contributed by atoms with Gasteiger partial charge in [-0.2, -0.15) is 0 Å². The maximum atomic E-state index is 11.1. The SMILES string of the molecule is CC(C)CCCC[C@@H]1C[C@H](CC(=O)O)[C@H]2OC(C)(C)O[C@@H]12. The van der Waals surface area contributed by atoms with Gasteiger partial charge in [-0.1, -0.05) is 33.1 Å². The van der Waals surface area contributed by atoms with E-state index in [0.29, 0.717) is 5.92 Å². The van der Waals surface area contributed by atoms with E-state index >= 15 is 0 Å². The van der Waals surface area contributed by atoms with E-state index in [9.17, 15) is 4.79 Å². The number of unbranched alkanes of at least 4 members (excludes halogenated alkanes) is 1. The van der Waals surface area contributed by atoms with Crippen molar-refractivity contribution in [2.45, 2.75) is 84.2 Å². The Hall–Kier alpha value is -0.610. The Bertz CT molecular complexity index is 364. The van der Waals surface area contributed by atoms with Crippen molar-refractivity contribution in [1.82, 2.24) is 0 Å². The van der Waals surface area contributed by atoms with Crippen molar-refractivity contribution < 1.29 is 19.4 Å². The third-order valence-electron chi connectivity index (χ3n) is 4.74. The van der Waals surface area contributed by atoms with E-state index in [2.05, 4.69) is 13.8 Å². The van der Waals surface area contributed by atoms with Crippen molar-refractivity contribution in [2.24, 2.45) is 17.8 Å². The van der Waals surface area contributed by atoms with Gasteiger partial charge in [0, 0.05) is 0 Å². The van der Waals surface area contributed by atoms with Gasteiger partial charge in [0.2, 0.25) is 0 Å². The molecular formula is C17H30O4. The second kappa shape index (κ2) is 6.66. The van der Waals surface area contributed by atoms with E-state index in [0.717, 1.165) is 18.8 Å². The van der Waals surface area contributed by atoms with Gasteiger partial charge in [0.1, 0.15) is 0 Å². The predicted octanol–water partition coefficient (Wildman–Crippen LogP) is 3.83. The molecule has 122 valence electrons. The third kappa shape index (κ3) is 4.43. The number of fused-ring (bicyclic) bond motifs is 1. The first-order chi connectivity index (χ1) is 9.78. The Kier molecular flexibility index (Phi) is 5.31. The lowest BCUT2D eigenvalue weighted by atomic mass is 9.94. The fourth-order valence-electron chi connectivity index (χ4n) is 3.87. The summed E-state index contributed by atoms with van der Waals surface area (Å²) in [6, 6.07) is 0. The van der Waals surface area contributed by atoms with E-state index < -0.39 is 11.8 Å². The molecule has 2 aliphatic rings. The summed E-state index contributed by atoms with van der Waals surface area (Å²) in [6.07, 6.45) is 6.03. The first kappa shape index (κ1) is 16.8. The number of carboxylic acid groups (broad SMARTS) is 1. The molecule has 4 atom stereocenters. The molecule has 4 nitrogen and oxygen atoms in total. The van der Waals surface area contributed by atoms with Crippen molar-refractivity contribution in [3.8, 4) is 0 Å². The van der Waals surface area contributed by atoms with E-state index in [4.69, 9.17) is 14.6 Å². The van der Waals surface area contributed by atoms with Gasteiger partial charge in [0.05, 0.1) is 18.6 Å². The molecule has 2 rings (SSSR count). The summed E-state index contributed by atoms with van der Waals surface area (Å²) in [5, 5.41) is 9.09. The lowest BCUT2D eigenvalue weighted by Crippen LogP contribution is -2.26.